The first kappa shape index (κ1) is 31.3. The fraction of sp³-hybridized carbons (Fsp3) is 0.417. The second-order valence-corrected chi connectivity index (χ2v) is 13.2. The lowest BCUT2D eigenvalue weighted by Gasteiger charge is -2.36. The van der Waals surface area contributed by atoms with E-state index in [1.807, 2.05) is 67.8 Å². The van der Waals surface area contributed by atoms with Gasteiger partial charge in [-0.3, -0.25) is 14.4 Å². The van der Waals surface area contributed by atoms with Crippen LogP contribution < -0.4 is 15.1 Å². The highest BCUT2D eigenvalue weighted by atomic mass is 16.7. The SMILES string of the molecule is CC1=NOC2(CCN(c3nc(N[C@H]4CC[C@H](N(C(=O)CCc5ccccc5)c5ccc(-c6cnn(C)c6)cn5)CC4)ncc3C#N)C2)C1. The van der Waals surface area contributed by atoms with Crippen molar-refractivity contribution in [1.82, 2.24) is 24.7 Å². The predicted octanol–water partition coefficient (Wildman–Crippen LogP) is 5.28. The van der Waals surface area contributed by atoms with Gasteiger partial charge in [0.15, 0.2) is 11.4 Å². The number of rotatable bonds is 9. The molecule has 2 aliphatic heterocycles. The van der Waals surface area contributed by atoms with E-state index in [-0.39, 0.29) is 23.6 Å². The molecule has 7 rings (SSSR count). The van der Waals surface area contributed by atoms with E-state index in [2.05, 4.69) is 43.7 Å². The van der Waals surface area contributed by atoms with E-state index in [1.165, 1.54) is 0 Å². The molecule has 1 N–H and O–H groups in total. The Bertz CT molecular complexity index is 1830. The van der Waals surface area contributed by atoms with Crippen LogP contribution in [0.15, 0.2) is 72.4 Å². The maximum absolute atomic E-state index is 13.9. The third kappa shape index (κ3) is 6.72. The van der Waals surface area contributed by atoms with Crippen LogP contribution in [0.2, 0.25) is 0 Å². The molecule has 246 valence electrons. The zero-order valence-corrected chi connectivity index (χ0v) is 27.4. The number of hydrogen-bond acceptors (Lipinski definition) is 10. The number of amides is 1. The van der Waals surface area contributed by atoms with Crippen LogP contribution in [-0.2, 0) is 23.1 Å². The van der Waals surface area contributed by atoms with Crippen LogP contribution in [0.4, 0.5) is 17.6 Å². The number of benzene rings is 1. The molecule has 4 aromatic rings. The Kier molecular flexibility index (Phi) is 8.76. The molecule has 1 atom stereocenters. The van der Waals surface area contributed by atoms with Crippen LogP contribution in [0.1, 0.15) is 63.0 Å². The third-order valence-corrected chi connectivity index (χ3v) is 9.65. The highest BCUT2D eigenvalue weighted by molar-refractivity contribution is 5.93. The second kappa shape index (κ2) is 13.4. The quantitative estimate of drug-likeness (QED) is 0.258. The Morgan fingerprint density at radius 3 is 2.60 bits per heavy atom. The molecule has 1 amide bonds. The molecule has 48 heavy (non-hydrogen) atoms. The van der Waals surface area contributed by atoms with Crippen LogP contribution >= 0.6 is 0 Å². The van der Waals surface area contributed by atoms with Gasteiger partial charge in [-0.2, -0.15) is 15.3 Å². The summed E-state index contributed by atoms with van der Waals surface area (Å²) in [5, 5.41) is 21.8. The Hall–Kier alpha value is -5.31. The molecule has 1 aliphatic carbocycles. The van der Waals surface area contributed by atoms with Crippen LogP contribution in [0.5, 0.6) is 0 Å². The number of carbonyl (C=O) groups excluding carboxylic acids is 1. The first-order chi connectivity index (χ1) is 23.4. The number of pyridine rings is 1. The summed E-state index contributed by atoms with van der Waals surface area (Å²) in [5.41, 5.74) is 4.19. The molecule has 1 aromatic carbocycles. The number of carbonyl (C=O) groups is 1. The summed E-state index contributed by atoms with van der Waals surface area (Å²) in [4.78, 5) is 37.8. The van der Waals surface area contributed by atoms with E-state index in [0.717, 1.165) is 67.5 Å². The van der Waals surface area contributed by atoms with Gasteiger partial charge in [-0.15, -0.1) is 0 Å². The van der Waals surface area contributed by atoms with E-state index < -0.39 is 0 Å². The van der Waals surface area contributed by atoms with Crippen molar-refractivity contribution in [2.24, 2.45) is 12.2 Å². The minimum atomic E-state index is -0.341. The van der Waals surface area contributed by atoms with E-state index in [1.54, 1.807) is 10.9 Å². The lowest BCUT2D eigenvalue weighted by Crippen LogP contribution is -2.45. The first-order valence-corrected chi connectivity index (χ1v) is 16.7. The fourth-order valence-corrected chi connectivity index (χ4v) is 7.18. The van der Waals surface area contributed by atoms with Crippen LogP contribution in [0.25, 0.3) is 11.1 Å². The van der Waals surface area contributed by atoms with Crippen molar-refractivity contribution in [3.8, 4) is 17.2 Å². The van der Waals surface area contributed by atoms with Gasteiger partial charge in [0.2, 0.25) is 11.9 Å². The maximum atomic E-state index is 13.9. The zero-order valence-electron chi connectivity index (χ0n) is 27.4. The Labute approximate surface area is 280 Å². The number of hydrogen-bond donors (Lipinski definition) is 1. The largest absolute Gasteiger partial charge is 0.387 e. The van der Waals surface area contributed by atoms with Crippen LogP contribution in [-0.4, -0.2) is 67.1 Å². The smallest absolute Gasteiger partial charge is 0.228 e. The van der Waals surface area contributed by atoms with Gasteiger partial charge in [0.05, 0.1) is 24.7 Å². The summed E-state index contributed by atoms with van der Waals surface area (Å²) < 4.78 is 1.77. The molecule has 2 fully saturated rings. The molecule has 3 aromatic heterocycles. The maximum Gasteiger partial charge on any atom is 0.228 e. The van der Waals surface area contributed by atoms with Gasteiger partial charge < -0.3 is 15.1 Å². The van der Waals surface area contributed by atoms with Gasteiger partial charge in [0.1, 0.15) is 17.5 Å². The summed E-state index contributed by atoms with van der Waals surface area (Å²) in [6, 6.07) is 16.5. The van der Waals surface area contributed by atoms with Gasteiger partial charge in [-0.1, -0.05) is 35.5 Å². The van der Waals surface area contributed by atoms with Gasteiger partial charge in [0.25, 0.3) is 0 Å². The summed E-state index contributed by atoms with van der Waals surface area (Å²) in [6.45, 7) is 3.36. The molecule has 12 heteroatoms. The number of oxime groups is 1. The molecule has 1 unspecified atom stereocenters. The van der Waals surface area contributed by atoms with E-state index in [0.29, 0.717) is 42.5 Å². The number of nitrogens with one attached hydrogen (secondary N) is 1. The molecular weight excluding hydrogens is 604 g/mol. The van der Waals surface area contributed by atoms with Crippen molar-refractivity contribution in [3.05, 3.63) is 78.4 Å². The lowest BCUT2D eigenvalue weighted by molar-refractivity contribution is -0.119. The van der Waals surface area contributed by atoms with Crippen molar-refractivity contribution in [2.45, 2.75) is 76.0 Å². The van der Waals surface area contributed by atoms with Crippen LogP contribution in [0.3, 0.4) is 0 Å². The zero-order chi connectivity index (χ0) is 33.1. The molecule has 5 heterocycles. The minimum Gasteiger partial charge on any atom is -0.387 e. The average Bonchev–Trinajstić information content (AvgIpc) is 3.85. The van der Waals surface area contributed by atoms with Gasteiger partial charge in [-0.05, 0) is 56.7 Å². The van der Waals surface area contributed by atoms with Crippen molar-refractivity contribution in [3.63, 3.8) is 0 Å². The topological polar surface area (TPSA) is 137 Å². The fourth-order valence-electron chi connectivity index (χ4n) is 7.18. The second-order valence-electron chi connectivity index (χ2n) is 13.2. The summed E-state index contributed by atoms with van der Waals surface area (Å²) in [7, 11) is 1.89. The number of aryl methyl sites for hydroxylation is 2. The first-order valence-electron chi connectivity index (χ1n) is 16.7. The molecule has 0 bridgehead atoms. The van der Waals surface area contributed by atoms with Gasteiger partial charge in [-0.25, -0.2) is 9.97 Å². The van der Waals surface area contributed by atoms with Crippen LogP contribution in [0, 0.1) is 11.3 Å². The summed E-state index contributed by atoms with van der Waals surface area (Å²) in [6.07, 6.45) is 13.2. The molecule has 1 saturated carbocycles. The molecular formula is C36H40N10O2. The van der Waals surface area contributed by atoms with Crippen molar-refractivity contribution in [1.29, 1.82) is 5.26 Å². The predicted molar refractivity (Wildman–Crippen MR) is 183 cm³/mol. The number of nitrogens with zero attached hydrogens (tertiary/aromatic N) is 9. The molecule has 0 radical (unpaired) electrons. The number of nitriles is 1. The number of aromatic nitrogens is 5. The van der Waals surface area contributed by atoms with Crippen molar-refractivity contribution < 1.29 is 9.63 Å². The normalized spacial score (nSPS) is 21.9. The minimum absolute atomic E-state index is 0.0263. The highest BCUT2D eigenvalue weighted by Gasteiger charge is 2.45. The Balaban J connectivity index is 1.03. The standard InChI is InChI=1S/C36H40N10O2/c1-25-18-36(48-43-25)16-17-45(24-36)34-28(19-37)21-39-35(42-34)41-30-10-12-31(13-11-30)46(33(47)15-8-26-6-4-3-5-7-26)32-14-9-27(20-38-32)29-22-40-44(2)23-29/h3-7,9,14,20-23,30-31H,8,10-13,15-18,24H2,1-2H3,(H,39,41,42)/t30-,31-,36?. The molecule has 1 saturated heterocycles. The average molecular weight is 645 g/mol. The van der Waals surface area contributed by atoms with Gasteiger partial charge in [0, 0.05) is 68.5 Å². The lowest BCUT2D eigenvalue weighted by atomic mass is 9.89. The highest BCUT2D eigenvalue weighted by Crippen LogP contribution is 2.37. The summed E-state index contributed by atoms with van der Waals surface area (Å²) >= 11 is 0. The van der Waals surface area contributed by atoms with Crippen molar-refractivity contribution in [2.75, 3.05) is 28.2 Å². The molecule has 3 aliphatic rings. The van der Waals surface area contributed by atoms with Gasteiger partial charge >= 0.3 is 0 Å². The Morgan fingerprint density at radius 1 is 1.08 bits per heavy atom. The van der Waals surface area contributed by atoms with E-state index in [4.69, 9.17) is 14.8 Å². The molecule has 12 nitrogen and oxygen atoms in total. The van der Waals surface area contributed by atoms with E-state index >= 15 is 0 Å². The van der Waals surface area contributed by atoms with Crippen molar-refractivity contribution >= 4 is 29.2 Å². The van der Waals surface area contributed by atoms with E-state index in [9.17, 15) is 10.1 Å². The number of anilines is 3. The monoisotopic (exact) mass is 644 g/mol. The Morgan fingerprint density at radius 2 is 1.92 bits per heavy atom. The summed E-state index contributed by atoms with van der Waals surface area (Å²) in [5.74, 6) is 1.89. The molecule has 1 spiro atoms. The third-order valence-electron chi connectivity index (χ3n) is 9.65.